The molecule has 7 atom stereocenters. The molecule has 0 bridgehead atoms. The van der Waals surface area contributed by atoms with Crippen LogP contribution < -0.4 is 21.1 Å². The number of aliphatic carboxylic acids is 1. The number of amides is 3. The zero-order valence-electron chi connectivity index (χ0n) is 34.7. The number of piperidine rings is 1. The first-order chi connectivity index (χ1) is 26.7. The molecule has 1 aromatic heterocycles. The van der Waals surface area contributed by atoms with Crippen LogP contribution in [0.15, 0.2) is 29.6 Å². The fraction of sp³-hybridized carbons (Fsp3) is 0.690. The van der Waals surface area contributed by atoms with Crippen molar-refractivity contribution in [3.63, 3.8) is 0 Å². The van der Waals surface area contributed by atoms with E-state index in [9.17, 15) is 29.4 Å². The molecule has 0 radical (unpaired) electrons. The number of hydrogen-bond donors (Lipinski definition) is 5. The number of nitrogens with two attached hydrogens (primary N) is 1. The van der Waals surface area contributed by atoms with Crippen molar-refractivity contribution in [2.45, 2.75) is 136 Å². The van der Waals surface area contributed by atoms with Gasteiger partial charge in [0.1, 0.15) is 28.6 Å². The van der Waals surface area contributed by atoms with Gasteiger partial charge in [0.05, 0.1) is 18.6 Å². The third-order valence-corrected chi connectivity index (χ3v) is 11.9. The summed E-state index contributed by atoms with van der Waals surface area (Å²) in [5.74, 6) is -1.75. The van der Waals surface area contributed by atoms with Crippen LogP contribution in [0.25, 0.3) is 0 Å². The minimum atomic E-state index is -1.05. The van der Waals surface area contributed by atoms with Gasteiger partial charge in [-0.3, -0.25) is 24.1 Å². The number of benzene rings is 1. The molecule has 1 saturated heterocycles. The lowest BCUT2D eigenvalue weighted by Gasteiger charge is -2.39. The molecule has 0 spiro atoms. The second-order valence-electron chi connectivity index (χ2n) is 15.9. The number of rotatable bonds is 24. The van der Waals surface area contributed by atoms with Crippen LogP contribution in [-0.2, 0) is 20.8 Å². The van der Waals surface area contributed by atoms with E-state index >= 15 is 0 Å². The lowest BCUT2D eigenvalue weighted by atomic mass is 9.92. The van der Waals surface area contributed by atoms with Crippen molar-refractivity contribution in [3.05, 3.63) is 45.9 Å². The zero-order chi connectivity index (χ0) is 41.4. The van der Waals surface area contributed by atoms with E-state index in [1.54, 1.807) is 12.3 Å². The van der Waals surface area contributed by atoms with E-state index in [-0.39, 0.29) is 54.3 Å². The molecule has 3 rings (SSSR count). The van der Waals surface area contributed by atoms with Crippen LogP contribution in [-0.4, -0.2) is 106 Å². The highest BCUT2D eigenvalue weighted by Crippen LogP contribution is 2.29. The molecule has 13 nitrogen and oxygen atoms in total. The van der Waals surface area contributed by atoms with Gasteiger partial charge in [0.15, 0.2) is 0 Å². The predicted molar refractivity (Wildman–Crippen MR) is 221 cm³/mol. The number of ether oxygens (including phenoxy) is 1. The van der Waals surface area contributed by atoms with Gasteiger partial charge in [0.2, 0.25) is 11.8 Å². The molecule has 314 valence electrons. The maximum absolute atomic E-state index is 14.4. The summed E-state index contributed by atoms with van der Waals surface area (Å²) in [7, 11) is 1.96. The Labute approximate surface area is 338 Å². The number of carboxylic acid groups (broad SMARTS) is 1. The third kappa shape index (κ3) is 14.1. The number of likely N-dealkylation sites (N-methyl/N-ethyl adjacent to an activating group) is 1. The normalized spacial score (nSPS) is 18.0. The van der Waals surface area contributed by atoms with Crippen LogP contribution in [0.3, 0.4) is 0 Å². The van der Waals surface area contributed by atoms with Gasteiger partial charge >= 0.3 is 5.97 Å². The molecular weight excluding hydrogens is 733 g/mol. The highest BCUT2D eigenvalue weighted by Gasteiger charge is 2.38. The quantitative estimate of drug-likeness (QED) is 0.0860. The summed E-state index contributed by atoms with van der Waals surface area (Å²) in [5, 5.41) is 29.3. The molecule has 1 aromatic carbocycles. The predicted octanol–water partition coefficient (Wildman–Crippen LogP) is 5.41. The van der Waals surface area contributed by atoms with Gasteiger partial charge in [-0.05, 0) is 94.6 Å². The standard InChI is InChI=1S/C42H68N6O7S/c1-8-20-48(41(52)37(28(5)9-2)46-39(51)34-14-10-12-21-47(34)7)35(27(3)4)25-36(49)40-45-33(26-56-40)38(50)44-31(23-29(6)42(53)54)24-30-15-17-32(18-16-30)55-22-13-11-19-43/h15-18,26-29,31,34-37,49H,8-14,19-25,43H2,1-7H3,(H,44,50)(H,46,51)(H,53,54)/t28-,29-,31+,34+,35+,36+,37-/m0/s1. The summed E-state index contributed by atoms with van der Waals surface area (Å²) in [6.45, 7) is 14.2. The van der Waals surface area contributed by atoms with Crippen LogP contribution in [0.1, 0.15) is 126 Å². The van der Waals surface area contributed by atoms with E-state index in [1.807, 2.05) is 70.8 Å². The zero-order valence-corrected chi connectivity index (χ0v) is 35.5. The highest BCUT2D eigenvalue weighted by atomic mass is 32.1. The number of likely N-dealkylation sites (tertiary alicyclic amines) is 1. The number of thiazole rings is 1. The number of carbonyl (C=O) groups excluding carboxylic acids is 3. The molecule has 0 saturated carbocycles. The van der Waals surface area contributed by atoms with Crippen LogP contribution in [0.2, 0.25) is 0 Å². The molecule has 0 unspecified atom stereocenters. The first-order valence-electron chi connectivity index (χ1n) is 20.6. The van der Waals surface area contributed by atoms with Gasteiger partial charge in [0, 0.05) is 30.4 Å². The Bertz CT molecular complexity index is 1520. The summed E-state index contributed by atoms with van der Waals surface area (Å²) in [5.41, 5.74) is 6.61. The van der Waals surface area contributed by atoms with E-state index in [4.69, 9.17) is 10.5 Å². The van der Waals surface area contributed by atoms with E-state index in [0.29, 0.717) is 44.0 Å². The number of carboxylic acids is 1. The number of nitrogens with zero attached hydrogens (tertiary/aromatic N) is 3. The van der Waals surface area contributed by atoms with Crippen molar-refractivity contribution in [1.29, 1.82) is 0 Å². The molecular formula is C42H68N6O7S. The minimum Gasteiger partial charge on any atom is -0.494 e. The number of unbranched alkanes of at least 4 members (excludes halogenated alkanes) is 1. The molecule has 1 aliphatic rings. The van der Waals surface area contributed by atoms with Gasteiger partial charge in [-0.1, -0.05) is 66.5 Å². The van der Waals surface area contributed by atoms with Crippen molar-refractivity contribution in [2.24, 2.45) is 23.5 Å². The summed E-state index contributed by atoms with van der Waals surface area (Å²) < 4.78 is 5.78. The average Bonchev–Trinajstić information content (AvgIpc) is 3.68. The molecule has 1 fully saturated rings. The van der Waals surface area contributed by atoms with Crippen LogP contribution in [0, 0.1) is 17.8 Å². The summed E-state index contributed by atoms with van der Waals surface area (Å²) in [6.07, 6.45) is 5.73. The second-order valence-corrected chi connectivity index (χ2v) is 16.8. The lowest BCUT2D eigenvalue weighted by molar-refractivity contribution is -0.143. The van der Waals surface area contributed by atoms with Crippen LogP contribution in [0.5, 0.6) is 5.75 Å². The van der Waals surface area contributed by atoms with Gasteiger partial charge < -0.3 is 36.2 Å². The number of nitrogens with one attached hydrogen (secondary N) is 2. The summed E-state index contributed by atoms with van der Waals surface area (Å²) >= 11 is 1.17. The van der Waals surface area contributed by atoms with Crippen LogP contribution in [0.4, 0.5) is 0 Å². The maximum atomic E-state index is 14.4. The van der Waals surface area contributed by atoms with E-state index < -0.39 is 36.0 Å². The van der Waals surface area contributed by atoms with Crippen LogP contribution >= 0.6 is 11.3 Å². The van der Waals surface area contributed by atoms with Crippen molar-refractivity contribution in [3.8, 4) is 5.75 Å². The van der Waals surface area contributed by atoms with Crippen molar-refractivity contribution < 1.29 is 34.1 Å². The number of aliphatic hydroxyl groups is 1. The van der Waals surface area contributed by atoms with Crippen molar-refractivity contribution in [2.75, 3.05) is 33.3 Å². The van der Waals surface area contributed by atoms with Crippen molar-refractivity contribution >= 4 is 35.0 Å². The molecule has 0 aliphatic carbocycles. The number of carbonyl (C=O) groups is 4. The van der Waals surface area contributed by atoms with Gasteiger partial charge in [-0.15, -0.1) is 11.3 Å². The molecule has 3 amide bonds. The van der Waals surface area contributed by atoms with E-state index in [2.05, 4.69) is 20.5 Å². The number of aromatic nitrogens is 1. The Morgan fingerprint density at radius 1 is 1.05 bits per heavy atom. The number of aliphatic hydroxyl groups excluding tert-OH is 1. The molecule has 2 heterocycles. The molecule has 14 heteroatoms. The molecule has 6 N–H and O–H groups in total. The van der Waals surface area contributed by atoms with Gasteiger partial charge in [0.25, 0.3) is 5.91 Å². The first kappa shape index (κ1) is 46.8. The van der Waals surface area contributed by atoms with Crippen molar-refractivity contribution in [1.82, 2.24) is 25.4 Å². The number of hydrogen-bond acceptors (Lipinski definition) is 10. The Balaban J connectivity index is 1.74. The summed E-state index contributed by atoms with van der Waals surface area (Å²) in [6, 6.07) is 5.74. The fourth-order valence-corrected chi connectivity index (χ4v) is 8.05. The average molecular weight is 801 g/mol. The Morgan fingerprint density at radius 2 is 1.77 bits per heavy atom. The van der Waals surface area contributed by atoms with Gasteiger partial charge in [-0.25, -0.2) is 4.98 Å². The topological polar surface area (TPSA) is 187 Å². The van der Waals surface area contributed by atoms with E-state index in [0.717, 1.165) is 50.0 Å². The monoisotopic (exact) mass is 800 g/mol. The van der Waals surface area contributed by atoms with E-state index in [1.165, 1.54) is 11.3 Å². The molecule has 1 aliphatic heterocycles. The Hall–Kier alpha value is -3.59. The molecule has 56 heavy (non-hydrogen) atoms. The highest BCUT2D eigenvalue weighted by molar-refractivity contribution is 7.09. The smallest absolute Gasteiger partial charge is 0.306 e. The first-order valence-corrected chi connectivity index (χ1v) is 21.5. The fourth-order valence-electron chi connectivity index (χ4n) is 7.25. The maximum Gasteiger partial charge on any atom is 0.306 e. The third-order valence-electron chi connectivity index (χ3n) is 10.9. The molecule has 2 aromatic rings. The van der Waals surface area contributed by atoms with Gasteiger partial charge in [-0.2, -0.15) is 0 Å². The Kier molecular flexibility index (Phi) is 19.7. The Morgan fingerprint density at radius 3 is 2.38 bits per heavy atom. The lowest BCUT2D eigenvalue weighted by Crippen LogP contribution is -2.58. The SMILES string of the molecule is CCCN(C(=O)[C@@H](NC(=O)[C@H]1CCCCN1C)[C@@H](C)CC)[C@H](C[C@@H](O)c1nc(C(=O)N[C@@H](Cc2ccc(OCCCCN)cc2)C[C@H](C)C(=O)O)cs1)C(C)C. The minimum absolute atomic E-state index is 0.0191. The largest absolute Gasteiger partial charge is 0.494 e. The summed E-state index contributed by atoms with van der Waals surface area (Å²) in [4.78, 5) is 61.7. The second kappa shape index (κ2) is 23.6.